The number of piperazine rings is 1. The topological polar surface area (TPSA) is 112 Å². The maximum Gasteiger partial charge on any atom is 0.255 e. The normalized spacial score (nSPS) is 18.3. The van der Waals surface area contributed by atoms with E-state index in [0.29, 0.717) is 53.1 Å². The zero-order valence-corrected chi connectivity index (χ0v) is 31.4. The van der Waals surface area contributed by atoms with Crippen LogP contribution in [0.15, 0.2) is 103 Å². The van der Waals surface area contributed by atoms with Crippen LogP contribution >= 0.6 is 0 Å². The number of nitrogens with one attached hydrogen (secondary N) is 2. The number of aromatic nitrogens is 4. The molecule has 0 saturated carbocycles. The highest BCUT2D eigenvalue weighted by Gasteiger charge is 2.34. The molecule has 6 aromatic rings. The second-order valence-electron chi connectivity index (χ2n) is 14.7. The van der Waals surface area contributed by atoms with Gasteiger partial charge in [-0.15, -0.1) is 0 Å². The zero-order valence-electron chi connectivity index (χ0n) is 31.4. The molecule has 14 heteroatoms. The van der Waals surface area contributed by atoms with E-state index in [2.05, 4.69) is 30.3 Å². The Morgan fingerprint density at radius 1 is 0.842 bits per heavy atom. The molecule has 0 bridgehead atoms. The Labute approximate surface area is 329 Å². The highest BCUT2D eigenvalue weighted by Crippen LogP contribution is 2.33. The monoisotopic (exact) mass is 771 g/mol. The van der Waals surface area contributed by atoms with Gasteiger partial charge in [0.25, 0.3) is 5.91 Å². The summed E-state index contributed by atoms with van der Waals surface area (Å²) in [7, 11) is 0. The Hall–Kier alpha value is -5.80. The molecule has 2 N–H and O–H groups in total. The van der Waals surface area contributed by atoms with Gasteiger partial charge < -0.3 is 20.1 Å². The second-order valence-corrected chi connectivity index (χ2v) is 14.7. The molecule has 3 aliphatic heterocycles. The highest BCUT2D eigenvalue weighted by molar-refractivity contribution is 6.05. The van der Waals surface area contributed by atoms with E-state index in [-0.39, 0.29) is 5.56 Å². The summed E-state index contributed by atoms with van der Waals surface area (Å²) >= 11 is 0. The molecule has 0 aliphatic carbocycles. The Bertz CT molecular complexity index is 2350. The molecular weight excluding hydrogens is 729 g/mol. The van der Waals surface area contributed by atoms with Crippen molar-refractivity contribution in [1.29, 1.82) is 0 Å². The molecule has 9 rings (SSSR count). The molecule has 0 radical (unpaired) electrons. The molecule has 0 unspecified atom stereocenters. The molecule has 6 heterocycles. The molecule has 3 saturated heterocycles. The van der Waals surface area contributed by atoms with Gasteiger partial charge in [-0.2, -0.15) is 0 Å². The third-order valence-corrected chi connectivity index (χ3v) is 11.1. The van der Waals surface area contributed by atoms with Gasteiger partial charge in [-0.3, -0.25) is 23.9 Å². The first-order valence-corrected chi connectivity index (χ1v) is 19.4. The number of piperidine rings is 1. The number of carbonyl (C=O) groups excluding carboxylic acids is 1. The number of carbonyl (C=O) groups is 1. The van der Waals surface area contributed by atoms with Crippen LogP contribution in [0.25, 0.3) is 28.3 Å². The van der Waals surface area contributed by atoms with Crippen LogP contribution in [0.1, 0.15) is 23.2 Å². The number of halogens is 2. The number of anilines is 3. The summed E-state index contributed by atoms with van der Waals surface area (Å²) in [5.74, 6) is -1.20. The largest absolute Gasteiger partial charge is 0.478 e. The van der Waals surface area contributed by atoms with E-state index in [4.69, 9.17) is 19.4 Å². The maximum absolute atomic E-state index is 14.3. The molecule has 1 atom stereocenters. The van der Waals surface area contributed by atoms with E-state index in [9.17, 15) is 13.6 Å². The number of morpholine rings is 1. The van der Waals surface area contributed by atoms with Gasteiger partial charge in [0.2, 0.25) is 5.95 Å². The zero-order chi connectivity index (χ0) is 38.7. The Kier molecular flexibility index (Phi) is 10.6. The average Bonchev–Trinajstić information content (AvgIpc) is 3.65. The standard InChI is InChI=1S/C43H43F2N9O3/c44-35-7-4-8-36(45)40(35)50-42(55)30-6-3-5-29(25-30)39-41(54-18-2-1-9-38(54)49-39)37-14-17-46-43(48-37)47-31-10-12-34(13-11-31)57-28-51-19-15-32(16-20-51)53-22-21-52-23-24-56-27-33(52)26-53/h1-14,17-18,25,32-33H,15-16,19-24,26-28H2,(H,50,55)(H,46,47,48)/t33-/m0/s1. The number of nitrogens with zero attached hydrogens (tertiary/aromatic N) is 7. The van der Waals surface area contributed by atoms with Crippen LogP contribution in [0.2, 0.25) is 0 Å². The van der Waals surface area contributed by atoms with Crippen LogP contribution in [-0.4, -0.2) is 111 Å². The number of likely N-dealkylation sites (tertiary alicyclic amines) is 1. The van der Waals surface area contributed by atoms with E-state index < -0.39 is 23.2 Å². The Morgan fingerprint density at radius 3 is 2.49 bits per heavy atom. The van der Waals surface area contributed by atoms with Crippen molar-refractivity contribution in [3.05, 3.63) is 121 Å². The van der Waals surface area contributed by atoms with Crippen molar-refractivity contribution in [2.24, 2.45) is 0 Å². The number of pyridine rings is 1. The third kappa shape index (κ3) is 8.07. The number of amides is 1. The van der Waals surface area contributed by atoms with Crippen LogP contribution < -0.4 is 15.4 Å². The number of para-hydroxylation sites is 1. The minimum absolute atomic E-state index is 0.208. The number of imidazole rings is 1. The molecule has 3 fully saturated rings. The first-order valence-electron chi connectivity index (χ1n) is 19.4. The van der Waals surface area contributed by atoms with Crippen LogP contribution in [-0.2, 0) is 4.74 Å². The van der Waals surface area contributed by atoms with Gasteiger partial charge in [0.05, 0.1) is 30.3 Å². The van der Waals surface area contributed by atoms with Crippen LogP contribution in [0.4, 0.5) is 26.1 Å². The number of hydrogen-bond acceptors (Lipinski definition) is 10. The number of ether oxygens (including phenoxy) is 2. The molecule has 12 nitrogen and oxygen atoms in total. The van der Waals surface area contributed by atoms with Gasteiger partial charge >= 0.3 is 0 Å². The van der Waals surface area contributed by atoms with Crippen molar-refractivity contribution in [1.82, 2.24) is 34.1 Å². The number of hydrogen-bond donors (Lipinski definition) is 2. The fourth-order valence-corrected chi connectivity index (χ4v) is 8.05. The van der Waals surface area contributed by atoms with E-state index in [1.165, 1.54) is 6.07 Å². The van der Waals surface area contributed by atoms with Gasteiger partial charge in [-0.1, -0.05) is 24.3 Å². The predicted molar refractivity (Wildman–Crippen MR) is 214 cm³/mol. The maximum atomic E-state index is 14.3. The van der Waals surface area contributed by atoms with Crippen LogP contribution in [0.3, 0.4) is 0 Å². The molecule has 3 aromatic heterocycles. The van der Waals surface area contributed by atoms with Gasteiger partial charge in [0.15, 0.2) is 0 Å². The summed E-state index contributed by atoms with van der Waals surface area (Å²) in [6.45, 7) is 8.77. The molecule has 3 aromatic carbocycles. The lowest BCUT2D eigenvalue weighted by Gasteiger charge is -2.47. The summed E-state index contributed by atoms with van der Waals surface area (Å²) in [5, 5.41) is 5.67. The fourth-order valence-electron chi connectivity index (χ4n) is 8.05. The van der Waals surface area contributed by atoms with Gasteiger partial charge in [-0.25, -0.2) is 23.7 Å². The highest BCUT2D eigenvalue weighted by atomic mass is 19.1. The fraction of sp³-hybridized carbons (Fsp3) is 0.302. The van der Waals surface area contributed by atoms with Gasteiger partial charge in [-0.05, 0) is 79.6 Å². The number of rotatable bonds is 10. The minimum atomic E-state index is -0.860. The van der Waals surface area contributed by atoms with Gasteiger partial charge in [0.1, 0.15) is 35.4 Å². The first kappa shape index (κ1) is 36.8. The SMILES string of the molecule is O=C(Nc1c(F)cccc1F)c1cccc(-c2nc3ccccn3c2-c2ccnc(Nc3ccc(OCN4CCC(N5CCN6CCOC[C@@H]6C5)CC4)cc3)n2)c1. The van der Waals surface area contributed by atoms with Crippen molar-refractivity contribution in [3.8, 4) is 28.4 Å². The number of fused-ring (bicyclic) bond motifs is 2. The summed E-state index contributed by atoms with van der Waals surface area (Å²) in [5.41, 5.74) is 3.65. The van der Waals surface area contributed by atoms with E-state index in [1.54, 1.807) is 30.5 Å². The average molecular weight is 772 g/mol. The van der Waals surface area contributed by atoms with E-state index in [0.717, 1.165) is 88.9 Å². The third-order valence-electron chi connectivity index (χ3n) is 11.1. The van der Waals surface area contributed by atoms with Crippen LogP contribution in [0.5, 0.6) is 5.75 Å². The van der Waals surface area contributed by atoms with E-state index in [1.807, 2.05) is 59.1 Å². The number of benzene rings is 3. The quantitative estimate of drug-likeness (QED) is 0.159. The van der Waals surface area contributed by atoms with E-state index >= 15 is 0 Å². The Morgan fingerprint density at radius 2 is 1.65 bits per heavy atom. The lowest BCUT2D eigenvalue weighted by atomic mass is 10.0. The molecule has 0 spiro atoms. The Balaban J connectivity index is 0.851. The van der Waals surface area contributed by atoms with Crippen molar-refractivity contribution in [3.63, 3.8) is 0 Å². The summed E-state index contributed by atoms with van der Waals surface area (Å²) < 4.78 is 42.5. The predicted octanol–water partition coefficient (Wildman–Crippen LogP) is 6.55. The molecule has 1 amide bonds. The molecule has 292 valence electrons. The first-order chi connectivity index (χ1) is 27.9. The van der Waals surface area contributed by atoms with Crippen molar-refractivity contribution in [2.45, 2.75) is 24.9 Å². The smallest absolute Gasteiger partial charge is 0.255 e. The molecule has 57 heavy (non-hydrogen) atoms. The van der Waals surface area contributed by atoms with Crippen molar-refractivity contribution in [2.75, 3.05) is 69.8 Å². The summed E-state index contributed by atoms with van der Waals surface area (Å²) in [6.07, 6.45) is 5.87. The van der Waals surface area contributed by atoms with Crippen molar-refractivity contribution >= 4 is 28.9 Å². The van der Waals surface area contributed by atoms with Crippen LogP contribution in [0, 0.1) is 11.6 Å². The van der Waals surface area contributed by atoms with Crippen molar-refractivity contribution < 1.29 is 23.0 Å². The van der Waals surface area contributed by atoms with Gasteiger partial charge in [0, 0.05) is 80.6 Å². The lowest BCUT2D eigenvalue weighted by Crippen LogP contribution is -2.61. The molecule has 3 aliphatic rings. The summed E-state index contributed by atoms with van der Waals surface area (Å²) in [4.78, 5) is 35.0. The minimum Gasteiger partial charge on any atom is -0.478 e. The lowest BCUT2D eigenvalue weighted by molar-refractivity contribution is -0.0596. The summed E-state index contributed by atoms with van der Waals surface area (Å²) in [6, 6.07) is 26.6. The second kappa shape index (κ2) is 16.4. The molecular formula is C43H43F2N9O3.